The summed E-state index contributed by atoms with van der Waals surface area (Å²) in [5.41, 5.74) is 1.61. The molecule has 0 nitrogen and oxygen atoms in total. The lowest BCUT2D eigenvalue weighted by molar-refractivity contribution is -0.137. The highest BCUT2D eigenvalue weighted by molar-refractivity contribution is 6.31. The Bertz CT molecular complexity index is 598. The van der Waals surface area contributed by atoms with Crippen molar-refractivity contribution in [1.29, 1.82) is 0 Å². The van der Waals surface area contributed by atoms with Crippen molar-refractivity contribution in [1.82, 2.24) is 0 Å². The first-order chi connectivity index (χ1) is 9.29. The zero-order chi connectivity index (χ0) is 14.9. The van der Waals surface area contributed by atoms with Crippen molar-refractivity contribution >= 4 is 11.6 Å². The van der Waals surface area contributed by atoms with Gasteiger partial charge >= 0.3 is 6.18 Å². The van der Waals surface area contributed by atoms with E-state index in [1.54, 1.807) is 6.07 Å². The Balaban J connectivity index is 2.43. The Labute approximate surface area is 121 Å². The summed E-state index contributed by atoms with van der Waals surface area (Å²) < 4.78 is 38.5. The molecule has 0 aliphatic rings. The molecular formula is C16H14ClF3. The average Bonchev–Trinajstić information content (AvgIpc) is 2.38. The number of hydrogen-bond acceptors (Lipinski definition) is 0. The van der Waals surface area contributed by atoms with Crippen LogP contribution in [0, 0.1) is 0 Å². The Morgan fingerprint density at radius 2 is 1.45 bits per heavy atom. The summed E-state index contributed by atoms with van der Waals surface area (Å²) in [5, 5.41) is -0.278. The first-order valence-corrected chi connectivity index (χ1v) is 6.64. The minimum absolute atomic E-state index is 0.278. The van der Waals surface area contributed by atoms with E-state index in [9.17, 15) is 13.2 Å². The van der Waals surface area contributed by atoms with Gasteiger partial charge in [0.2, 0.25) is 0 Å². The van der Waals surface area contributed by atoms with E-state index in [0.717, 1.165) is 17.2 Å². The molecule has 0 heterocycles. The summed E-state index contributed by atoms with van der Waals surface area (Å²) in [6.45, 7) is 4.14. The minimum atomic E-state index is -4.44. The molecule has 0 N–H and O–H groups in total. The van der Waals surface area contributed by atoms with Gasteiger partial charge in [0.1, 0.15) is 0 Å². The second-order valence-corrected chi connectivity index (χ2v) is 5.38. The van der Waals surface area contributed by atoms with Gasteiger partial charge in [-0.15, -0.1) is 0 Å². The molecule has 0 aromatic heterocycles. The number of benzene rings is 2. The van der Waals surface area contributed by atoms with Crippen molar-refractivity contribution in [3.8, 4) is 11.1 Å². The smallest absolute Gasteiger partial charge is 0.166 e. The van der Waals surface area contributed by atoms with Crippen LogP contribution in [0.2, 0.25) is 5.02 Å². The van der Waals surface area contributed by atoms with Crippen LogP contribution in [0.25, 0.3) is 11.1 Å². The van der Waals surface area contributed by atoms with Crippen molar-refractivity contribution < 1.29 is 13.2 Å². The third-order valence-electron chi connectivity index (χ3n) is 3.18. The van der Waals surface area contributed by atoms with Crippen molar-refractivity contribution in [3.63, 3.8) is 0 Å². The van der Waals surface area contributed by atoms with E-state index < -0.39 is 11.7 Å². The van der Waals surface area contributed by atoms with Gasteiger partial charge in [-0.05, 0) is 34.7 Å². The van der Waals surface area contributed by atoms with Gasteiger partial charge in [-0.1, -0.05) is 55.8 Å². The summed E-state index contributed by atoms with van der Waals surface area (Å²) in [4.78, 5) is 0. The SMILES string of the molecule is CC(C)c1ccc(-c2ccc(Cl)c(C(F)(F)F)c2)cc1. The molecular weight excluding hydrogens is 285 g/mol. The molecule has 106 valence electrons. The maximum atomic E-state index is 12.8. The topological polar surface area (TPSA) is 0 Å². The highest BCUT2D eigenvalue weighted by Crippen LogP contribution is 2.37. The fraction of sp³-hybridized carbons (Fsp3) is 0.250. The summed E-state index contributed by atoms with van der Waals surface area (Å²) >= 11 is 5.62. The van der Waals surface area contributed by atoms with Crippen LogP contribution in [-0.4, -0.2) is 0 Å². The maximum Gasteiger partial charge on any atom is 0.417 e. The Morgan fingerprint density at radius 1 is 0.900 bits per heavy atom. The van der Waals surface area contributed by atoms with Gasteiger partial charge in [-0.25, -0.2) is 0 Å². The molecule has 20 heavy (non-hydrogen) atoms. The summed E-state index contributed by atoms with van der Waals surface area (Å²) in [7, 11) is 0. The lowest BCUT2D eigenvalue weighted by Crippen LogP contribution is -2.05. The van der Waals surface area contributed by atoms with Crippen molar-refractivity contribution in [2.75, 3.05) is 0 Å². The number of hydrogen-bond donors (Lipinski definition) is 0. The van der Waals surface area contributed by atoms with Crippen LogP contribution in [0.4, 0.5) is 13.2 Å². The molecule has 0 radical (unpaired) electrons. The third kappa shape index (κ3) is 3.15. The minimum Gasteiger partial charge on any atom is -0.166 e. The van der Waals surface area contributed by atoms with Crippen LogP contribution in [-0.2, 0) is 6.18 Å². The van der Waals surface area contributed by atoms with Gasteiger partial charge in [0, 0.05) is 0 Å². The standard InChI is InChI=1S/C16H14ClF3/c1-10(2)11-3-5-12(6-4-11)13-7-8-15(17)14(9-13)16(18,19)20/h3-10H,1-2H3. The molecule has 0 fully saturated rings. The number of alkyl halides is 3. The number of rotatable bonds is 2. The summed E-state index contributed by atoms with van der Waals surface area (Å²) in [6, 6.07) is 11.5. The molecule has 2 aromatic carbocycles. The predicted octanol–water partition coefficient (Wildman–Crippen LogP) is 6.15. The highest BCUT2D eigenvalue weighted by atomic mass is 35.5. The normalized spacial score (nSPS) is 11.9. The molecule has 0 aliphatic heterocycles. The van der Waals surface area contributed by atoms with Gasteiger partial charge in [-0.3, -0.25) is 0 Å². The van der Waals surface area contributed by atoms with Gasteiger partial charge in [-0.2, -0.15) is 13.2 Å². The van der Waals surface area contributed by atoms with Gasteiger partial charge in [0.25, 0.3) is 0 Å². The zero-order valence-electron chi connectivity index (χ0n) is 11.1. The van der Waals surface area contributed by atoms with E-state index in [2.05, 4.69) is 13.8 Å². The average molecular weight is 299 g/mol. The van der Waals surface area contributed by atoms with Crippen LogP contribution in [0.1, 0.15) is 30.9 Å². The second-order valence-electron chi connectivity index (χ2n) is 4.97. The molecule has 0 saturated carbocycles. The van der Waals surface area contributed by atoms with Gasteiger partial charge < -0.3 is 0 Å². The molecule has 0 aliphatic carbocycles. The van der Waals surface area contributed by atoms with Crippen LogP contribution >= 0.6 is 11.6 Å². The molecule has 4 heteroatoms. The molecule has 0 spiro atoms. The lowest BCUT2D eigenvalue weighted by atomic mass is 9.98. The van der Waals surface area contributed by atoms with Crippen molar-refractivity contribution in [3.05, 3.63) is 58.6 Å². The molecule has 0 amide bonds. The molecule has 0 saturated heterocycles. The third-order valence-corrected chi connectivity index (χ3v) is 3.51. The van der Waals surface area contributed by atoms with E-state index >= 15 is 0 Å². The molecule has 2 aromatic rings. The largest absolute Gasteiger partial charge is 0.417 e. The first kappa shape index (κ1) is 14.9. The zero-order valence-corrected chi connectivity index (χ0v) is 11.9. The van der Waals surface area contributed by atoms with E-state index in [0.29, 0.717) is 11.5 Å². The van der Waals surface area contributed by atoms with Gasteiger partial charge in [0.15, 0.2) is 0 Å². The molecule has 0 atom stereocenters. The van der Waals surface area contributed by atoms with Crippen molar-refractivity contribution in [2.24, 2.45) is 0 Å². The van der Waals surface area contributed by atoms with E-state index in [1.165, 1.54) is 6.07 Å². The molecule has 0 unspecified atom stereocenters. The Hall–Kier alpha value is -1.48. The Kier molecular flexibility index (Phi) is 4.09. The van der Waals surface area contributed by atoms with Crippen LogP contribution < -0.4 is 0 Å². The second kappa shape index (κ2) is 5.49. The highest BCUT2D eigenvalue weighted by Gasteiger charge is 2.33. The van der Waals surface area contributed by atoms with Crippen molar-refractivity contribution in [2.45, 2.75) is 25.9 Å². The monoisotopic (exact) mass is 298 g/mol. The van der Waals surface area contributed by atoms with Crippen LogP contribution in [0.15, 0.2) is 42.5 Å². The summed E-state index contributed by atoms with van der Waals surface area (Å²) in [6.07, 6.45) is -4.44. The number of halogens is 4. The fourth-order valence-electron chi connectivity index (χ4n) is 1.98. The van der Waals surface area contributed by atoms with E-state index in [4.69, 9.17) is 11.6 Å². The van der Waals surface area contributed by atoms with Gasteiger partial charge in [0.05, 0.1) is 10.6 Å². The lowest BCUT2D eigenvalue weighted by Gasteiger charge is -2.12. The summed E-state index contributed by atoms with van der Waals surface area (Å²) in [5.74, 6) is 0.389. The fourth-order valence-corrected chi connectivity index (χ4v) is 2.21. The molecule has 2 rings (SSSR count). The molecule has 0 bridgehead atoms. The van der Waals surface area contributed by atoms with Crippen LogP contribution in [0.3, 0.4) is 0 Å². The van der Waals surface area contributed by atoms with E-state index in [1.807, 2.05) is 24.3 Å². The van der Waals surface area contributed by atoms with Crippen LogP contribution in [0.5, 0.6) is 0 Å². The Morgan fingerprint density at radius 3 is 1.95 bits per heavy atom. The first-order valence-electron chi connectivity index (χ1n) is 6.26. The quantitative estimate of drug-likeness (QED) is 0.624. The predicted molar refractivity (Wildman–Crippen MR) is 76.0 cm³/mol. The maximum absolute atomic E-state index is 12.8. The van der Waals surface area contributed by atoms with E-state index in [-0.39, 0.29) is 5.02 Å².